The Kier molecular flexibility index (Phi) is 4.65. The van der Waals surface area contributed by atoms with E-state index in [0.29, 0.717) is 43.9 Å². The zero-order valence-corrected chi connectivity index (χ0v) is 16.0. The number of nitrogens with zero attached hydrogens (tertiary/aromatic N) is 4. The fourth-order valence-corrected chi connectivity index (χ4v) is 5.32. The summed E-state index contributed by atoms with van der Waals surface area (Å²) < 4.78 is 27.7. The van der Waals surface area contributed by atoms with Gasteiger partial charge in [-0.15, -0.1) is 0 Å². The minimum absolute atomic E-state index is 0.108. The van der Waals surface area contributed by atoms with E-state index in [1.165, 1.54) is 4.31 Å². The number of carbonyl (C=O) groups is 1. The summed E-state index contributed by atoms with van der Waals surface area (Å²) >= 11 is 0. The third-order valence-electron chi connectivity index (χ3n) is 5.14. The zero-order valence-electron chi connectivity index (χ0n) is 15.2. The largest absolute Gasteiger partial charge is 0.336 e. The number of carbonyl (C=O) groups excluding carboxylic acids is 1. The van der Waals surface area contributed by atoms with Crippen LogP contribution in [-0.4, -0.2) is 60.7 Å². The number of imidazole rings is 1. The highest BCUT2D eigenvalue weighted by Crippen LogP contribution is 2.27. The van der Waals surface area contributed by atoms with Crippen LogP contribution in [0, 0.1) is 0 Å². The first-order valence-corrected chi connectivity index (χ1v) is 10.7. The van der Waals surface area contributed by atoms with Gasteiger partial charge in [-0.05, 0) is 24.6 Å². The van der Waals surface area contributed by atoms with Crippen molar-refractivity contribution in [3.8, 4) is 0 Å². The van der Waals surface area contributed by atoms with Gasteiger partial charge in [0.1, 0.15) is 11.9 Å². The number of anilines is 1. The molecule has 27 heavy (non-hydrogen) atoms. The van der Waals surface area contributed by atoms with Crippen molar-refractivity contribution in [2.24, 2.45) is 7.05 Å². The van der Waals surface area contributed by atoms with Gasteiger partial charge >= 0.3 is 0 Å². The Balaban J connectivity index is 1.64. The number of benzene rings is 1. The molecule has 1 unspecified atom stereocenters. The van der Waals surface area contributed by atoms with Crippen molar-refractivity contribution < 1.29 is 13.2 Å². The van der Waals surface area contributed by atoms with Crippen LogP contribution in [0.3, 0.4) is 0 Å². The van der Waals surface area contributed by atoms with Crippen LogP contribution in [-0.2, 0) is 17.1 Å². The lowest BCUT2D eigenvalue weighted by atomic mass is 10.1. The van der Waals surface area contributed by atoms with Gasteiger partial charge in [0.05, 0.1) is 11.4 Å². The summed E-state index contributed by atoms with van der Waals surface area (Å²) in [4.78, 5) is 19.5. The Hall–Kier alpha value is -2.39. The van der Waals surface area contributed by atoms with Gasteiger partial charge in [0.25, 0.3) is 5.91 Å². The maximum Gasteiger partial charge on any atom is 0.254 e. The number of aromatic nitrogens is 2. The Labute approximate surface area is 158 Å². The van der Waals surface area contributed by atoms with E-state index >= 15 is 0 Å². The summed E-state index contributed by atoms with van der Waals surface area (Å²) in [5, 5.41) is 3.32. The van der Waals surface area contributed by atoms with E-state index in [-0.39, 0.29) is 17.7 Å². The number of amides is 1. The lowest BCUT2D eigenvalue weighted by Crippen LogP contribution is -2.49. The van der Waals surface area contributed by atoms with E-state index in [1.807, 2.05) is 22.7 Å². The molecule has 2 aliphatic rings. The van der Waals surface area contributed by atoms with Crippen molar-refractivity contribution in [1.29, 1.82) is 0 Å². The minimum atomic E-state index is -3.27. The van der Waals surface area contributed by atoms with Gasteiger partial charge in [-0.2, -0.15) is 0 Å². The molecule has 1 aromatic heterocycles. The molecule has 2 saturated heterocycles. The van der Waals surface area contributed by atoms with Crippen LogP contribution in [0.2, 0.25) is 0 Å². The van der Waals surface area contributed by atoms with E-state index in [4.69, 9.17) is 0 Å². The molecule has 1 amide bonds. The van der Waals surface area contributed by atoms with Gasteiger partial charge < -0.3 is 14.8 Å². The van der Waals surface area contributed by atoms with Crippen LogP contribution in [0.4, 0.5) is 5.69 Å². The smallest absolute Gasteiger partial charge is 0.254 e. The van der Waals surface area contributed by atoms with Crippen molar-refractivity contribution in [2.75, 3.05) is 36.2 Å². The molecule has 1 aromatic carbocycles. The zero-order chi connectivity index (χ0) is 19.0. The number of rotatable bonds is 3. The van der Waals surface area contributed by atoms with Gasteiger partial charge in [0.2, 0.25) is 10.0 Å². The van der Waals surface area contributed by atoms with Gasteiger partial charge in [-0.3, -0.25) is 9.10 Å². The van der Waals surface area contributed by atoms with Gasteiger partial charge in [-0.1, -0.05) is 6.07 Å². The van der Waals surface area contributed by atoms with Gasteiger partial charge in [0.15, 0.2) is 0 Å². The van der Waals surface area contributed by atoms with Crippen LogP contribution in [0.25, 0.3) is 0 Å². The highest BCUT2D eigenvalue weighted by atomic mass is 32.2. The third kappa shape index (κ3) is 3.32. The van der Waals surface area contributed by atoms with Crippen LogP contribution in [0.5, 0.6) is 0 Å². The van der Waals surface area contributed by atoms with Gasteiger partial charge in [-0.25, -0.2) is 13.4 Å². The predicted molar refractivity (Wildman–Crippen MR) is 102 cm³/mol. The highest BCUT2D eigenvalue weighted by molar-refractivity contribution is 7.93. The monoisotopic (exact) mass is 389 g/mol. The summed E-state index contributed by atoms with van der Waals surface area (Å²) in [6.45, 7) is 2.38. The van der Waals surface area contributed by atoms with E-state index in [0.717, 1.165) is 5.82 Å². The summed E-state index contributed by atoms with van der Waals surface area (Å²) in [6, 6.07) is 6.75. The molecule has 144 valence electrons. The number of hydrogen-bond donors (Lipinski definition) is 1. The molecule has 0 saturated carbocycles. The Morgan fingerprint density at radius 1 is 1.30 bits per heavy atom. The van der Waals surface area contributed by atoms with E-state index in [1.54, 1.807) is 30.5 Å². The second kappa shape index (κ2) is 6.97. The van der Waals surface area contributed by atoms with Crippen LogP contribution in [0.15, 0.2) is 36.7 Å². The fourth-order valence-electron chi connectivity index (χ4n) is 3.77. The second-order valence-corrected chi connectivity index (χ2v) is 8.92. The van der Waals surface area contributed by atoms with Crippen LogP contribution >= 0.6 is 0 Å². The topological polar surface area (TPSA) is 87.5 Å². The van der Waals surface area contributed by atoms with Gasteiger partial charge in [0, 0.05) is 51.2 Å². The first-order chi connectivity index (χ1) is 13.0. The molecule has 2 aliphatic heterocycles. The molecule has 1 N–H and O–H groups in total. The lowest BCUT2D eigenvalue weighted by molar-refractivity contribution is 0.0621. The predicted octanol–water partition coefficient (Wildman–Crippen LogP) is 0.747. The SMILES string of the molecule is Cn1ccnc1C1CNCCN1C(=O)c1cccc(N2CCCS2(=O)=O)c1. The molecule has 4 rings (SSSR count). The summed E-state index contributed by atoms with van der Waals surface area (Å²) in [6.07, 6.45) is 4.20. The highest BCUT2D eigenvalue weighted by Gasteiger charge is 2.32. The van der Waals surface area contributed by atoms with Crippen molar-refractivity contribution in [1.82, 2.24) is 19.8 Å². The van der Waals surface area contributed by atoms with E-state index in [2.05, 4.69) is 10.3 Å². The summed E-state index contributed by atoms with van der Waals surface area (Å²) in [7, 11) is -1.36. The molecule has 0 bridgehead atoms. The molecule has 2 aromatic rings. The molecule has 1 atom stereocenters. The molecular weight excluding hydrogens is 366 g/mol. The summed E-state index contributed by atoms with van der Waals surface area (Å²) in [5.41, 5.74) is 1.05. The number of hydrogen-bond acceptors (Lipinski definition) is 5. The minimum Gasteiger partial charge on any atom is -0.336 e. The number of sulfonamides is 1. The number of aryl methyl sites for hydroxylation is 1. The van der Waals surface area contributed by atoms with Crippen molar-refractivity contribution in [2.45, 2.75) is 12.5 Å². The average molecular weight is 389 g/mol. The molecule has 3 heterocycles. The normalized spacial score (nSPS) is 22.2. The molecule has 9 heteroatoms. The quantitative estimate of drug-likeness (QED) is 0.837. The van der Waals surface area contributed by atoms with Crippen LogP contribution < -0.4 is 9.62 Å². The fraction of sp³-hybridized carbons (Fsp3) is 0.444. The molecule has 2 fully saturated rings. The molecule has 0 aliphatic carbocycles. The Bertz CT molecular complexity index is 955. The maximum atomic E-state index is 13.2. The van der Waals surface area contributed by atoms with Crippen molar-refractivity contribution in [3.63, 3.8) is 0 Å². The maximum absolute atomic E-state index is 13.2. The molecule has 8 nitrogen and oxygen atoms in total. The average Bonchev–Trinajstić information content (AvgIpc) is 3.25. The second-order valence-electron chi connectivity index (χ2n) is 6.91. The van der Waals surface area contributed by atoms with E-state index in [9.17, 15) is 13.2 Å². The molecular formula is C18H23N5O3S. The van der Waals surface area contributed by atoms with Crippen molar-refractivity contribution in [3.05, 3.63) is 48.0 Å². The number of nitrogens with one attached hydrogen (secondary N) is 1. The standard InChI is InChI=1S/C18H23N5O3S/c1-21-9-7-20-17(21)16-13-19-6-10-22(16)18(24)14-4-2-5-15(12-14)23-8-3-11-27(23,25)26/h2,4-5,7,9,12,16,19H,3,6,8,10-11,13H2,1H3. The van der Waals surface area contributed by atoms with E-state index < -0.39 is 10.0 Å². The molecule has 0 spiro atoms. The van der Waals surface area contributed by atoms with Crippen molar-refractivity contribution >= 4 is 21.6 Å². The van der Waals surface area contributed by atoms with Crippen LogP contribution in [0.1, 0.15) is 28.6 Å². The first kappa shape index (κ1) is 18.0. The Morgan fingerprint density at radius 3 is 2.85 bits per heavy atom. The summed E-state index contributed by atoms with van der Waals surface area (Å²) in [5.74, 6) is 0.876. The number of piperazine rings is 1. The Morgan fingerprint density at radius 2 is 2.15 bits per heavy atom. The first-order valence-electron chi connectivity index (χ1n) is 9.07. The third-order valence-corrected chi connectivity index (χ3v) is 7.01. The molecule has 0 radical (unpaired) electrons. The lowest BCUT2D eigenvalue weighted by Gasteiger charge is -2.36.